The van der Waals surface area contributed by atoms with E-state index in [0.717, 1.165) is 12.8 Å². The molecule has 0 fully saturated rings. The van der Waals surface area contributed by atoms with Gasteiger partial charge in [0.2, 0.25) is 0 Å². The number of hydrogen-bond acceptors (Lipinski definition) is 2. The number of unbranched alkanes of at least 4 members (excludes halogenated alkanes) is 10. The van der Waals surface area contributed by atoms with Crippen LogP contribution < -0.4 is 0 Å². The molecule has 0 spiro atoms. The van der Waals surface area contributed by atoms with E-state index in [1.807, 2.05) is 6.08 Å². The molecule has 0 atom stereocenters. The van der Waals surface area contributed by atoms with Gasteiger partial charge in [-0.3, -0.25) is 4.55 Å². The van der Waals surface area contributed by atoms with Crippen molar-refractivity contribution in [1.82, 2.24) is 0 Å². The van der Waals surface area contributed by atoms with Crippen molar-refractivity contribution in [2.24, 2.45) is 0 Å². The van der Waals surface area contributed by atoms with Crippen LogP contribution >= 0.6 is 0 Å². The predicted molar refractivity (Wildman–Crippen MR) is 86.6 cm³/mol. The van der Waals surface area contributed by atoms with Crippen LogP contribution in [0.4, 0.5) is 0 Å². The lowest BCUT2D eigenvalue weighted by molar-refractivity contribution is 0.481. The van der Waals surface area contributed by atoms with Gasteiger partial charge in [-0.15, -0.1) is 0 Å². The first-order valence-corrected chi connectivity index (χ1v) is 9.77. The van der Waals surface area contributed by atoms with Crippen molar-refractivity contribution in [3.8, 4) is 0 Å². The molecule has 0 bridgehead atoms. The summed E-state index contributed by atoms with van der Waals surface area (Å²) in [5.41, 5.74) is 0. The first-order valence-electron chi connectivity index (χ1n) is 8.16. The number of hydrogen-bond donors (Lipinski definition) is 1. The topological polar surface area (TPSA) is 54.4 Å². The van der Waals surface area contributed by atoms with E-state index in [9.17, 15) is 8.42 Å². The van der Waals surface area contributed by atoms with E-state index in [1.165, 1.54) is 57.8 Å². The largest absolute Gasteiger partial charge is 0.286 e. The average Bonchev–Trinajstić information content (AvgIpc) is 2.38. The van der Waals surface area contributed by atoms with Gasteiger partial charge in [-0.05, 0) is 25.7 Å². The molecule has 20 heavy (non-hydrogen) atoms. The highest BCUT2D eigenvalue weighted by molar-refractivity contribution is 7.85. The van der Waals surface area contributed by atoms with Gasteiger partial charge in [0.25, 0.3) is 10.1 Å². The molecule has 0 rings (SSSR count). The normalized spacial score (nSPS) is 12.3. The Kier molecular flexibility index (Phi) is 13.4. The molecule has 0 aromatic carbocycles. The van der Waals surface area contributed by atoms with E-state index in [1.54, 1.807) is 0 Å². The van der Waals surface area contributed by atoms with Crippen LogP contribution in [0.3, 0.4) is 0 Å². The van der Waals surface area contributed by atoms with Crippen molar-refractivity contribution < 1.29 is 13.0 Å². The van der Waals surface area contributed by atoms with Crippen molar-refractivity contribution in [1.29, 1.82) is 0 Å². The van der Waals surface area contributed by atoms with Gasteiger partial charge in [-0.2, -0.15) is 8.42 Å². The second kappa shape index (κ2) is 13.6. The van der Waals surface area contributed by atoms with Crippen molar-refractivity contribution >= 4 is 10.1 Å². The average molecular weight is 304 g/mol. The van der Waals surface area contributed by atoms with Crippen LogP contribution in [0.1, 0.15) is 84.0 Å². The Morgan fingerprint density at radius 2 is 1.20 bits per heavy atom. The third-order valence-electron chi connectivity index (χ3n) is 3.41. The van der Waals surface area contributed by atoms with E-state index in [-0.39, 0.29) is 5.75 Å². The molecular weight excluding hydrogens is 272 g/mol. The zero-order valence-corrected chi connectivity index (χ0v) is 13.8. The van der Waals surface area contributed by atoms with Crippen molar-refractivity contribution in [2.45, 2.75) is 84.0 Å². The van der Waals surface area contributed by atoms with Crippen LogP contribution in [-0.4, -0.2) is 18.7 Å². The van der Waals surface area contributed by atoms with E-state index in [4.69, 9.17) is 4.55 Å². The van der Waals surface area contributed by atoms with Crippen molar-refractivity contribution in [3.63, 3.8) is 0 Å². The minimum absolute atomic E-state index is 0.130. The molecule has 0 aromatic rings. The number of allylic oxidation sites excluding steroid dienone is 2. The third-order valence-corrected chi connectivity index (χ3v) is 4.22. The van der Waals surface area contributed by atoms with Gasteiger partial charge in [0.15, 0.2) is 0 Å². The summed E-state index contributed by atoms with van der Waals surface area (Å²) in [4.78, 5) is 0. The zero-order chi connectivity index (χ0) is 15.1. The minimum atomic E-state index is -3.77. The van der Waals surface area contributed by atoms with Crippen molar-refractivity contribution in [3.05, 3.63) is 12.2 Å². The van der Waals surface area contributed by atoms with Gasteiger partial charge in [-0.25, -0.2) is 0 Å². The molecule has 4 heteroatoms. The van der Waals surface area contributed by atoms with Gasteiger partial charge < -0.3 is 0 Å². The first-order chi connectivity index (χ1) is 9.56. The zero-order valence-electron chi connectivity index (χ0n) is 13.0. The number of rotatable bonds is 14. The Morgan fingerprint density at radius 3 is 1.70 bits per heavy atom. The lowest BCUT2D eigenvalue weighted by Gasteiger charge is -2.00. The molecule has 0 aliphatic heterocycles. The maximum atomic E-state index is 10.5. The van der Waals surface area contributed by atoms with Gasteiger partial charge in [-0.1, -0.05) is 70.4 Å². The molecule has 0 aliphatic rings. The molecule has 3 nitrogen and oxygen atoms in total. The summed E-state index contributed by atoms with van der Waals surface area (Å²) >= 11 is 0. The van der Waals surface area contributed by atoms with E-state index >= 15 is 0 Å². The SMILES string of the molecule is CCCCCCCCCCCC=CCCCS(=O)(=O)O. The molecule has 0 amide bonds. The highest BCUT2D eigenvalue weighted by atomic mass is 32.2. The van der Waals surface area contributed by atoms with Crippen LogP contribution in [0.25, 0.3) is 0 Å². The molecule has 1 N–H and O–H groups in total. The maximum absolute atomic E-state index is 10.5. The lowest BCUT2D eigenvalue weighted by atomic mass is 10.1. The van der Waals surface area contributed by atoms with E-state index < -0.39 is 10.1 Å². The summed E-state index contributed by atoms with van der Waals surface area (Å²) in [5, 5.41) is 0. The van der Waals surface area contributed by atoms with Crippen LogP contribution in [0.15, 0.2) is 12.2 Å². The monoisotopic (exact) mass is 304 g/mol. The molecule has 0 aliphatic carbocycles. The van der Waals surface area contributed by atoms with Crippen LogP contribution in [0.2, 0.25) is 0 Å². The molecule has 0 saturated heterocycles. The molecule has 120 valence electrons. The molecule has 0 unspecified atom stereocenters. The third kappa shape index (κ3) is 17.6. The van der Waals surface area contributed by atoms with Crippen LogP contribution in [-0.2, 0) is 10.1 Å². The molecule has 0 radical (unpaired) electrons. The lowest BCUT2D eigenvalue weighted by Crippen LogP contribution is -2.02. The highest BCUT2D eigenvalue weighted by Crippen LogP contribution is 2.10. The fraction of sp³-hybridized carbons (Fsp3) is 0.875. The summed E-state index contributed by atoms with van der Waals surface area (Å²) in [7, 11) is -3.77. The van der Waals surface area contributed by atoms with Gasteiger partial charge in [0.1, 0.15) is 0 Å². The molecule has 0 heterocycles. The molecule has 0 saturated carbocycles. The van der Waals surface area contributed by atoms with Crippen LogP contribution in [0, 0.1) is 0 Å². The fourth-order valence-electron chi connectivity index (χ4n) is 2.19. The second-order valence-electron chi connectivity index (χ2n) is 5.52. The van der Waals surface area contributed by atoms with E-state index in [2.05, 4.69) is 13.0 Å². The standard InChI is InChI=1S/C16H32O3S/c1-2-3-4-5-6-7-8-9-10-11-12-13-14-15-16-20(17,18)19/h12-13H,2-11,14-16H2,1H3,(H,17,18,19). The predicted octanol–water partition coefficient (Wildman–Crippen LogP) is 5.13. The van der Waals surface area contributed by atoms with Gasteiger partial charge >= 0.3 is 0 Å². The fourth-order valence-corrected chi connectivity index (χ4v) is 2.72. The van der Waals surface area contributed by atoms with Gasteiger partial charge in [0.05, 0.1) is 5.75 Å². The van der Waals surface area contributed by atoms with E-state index in [0.29, 0.717) is 6.42 Å². The Balaban J connectivity index is 3.16. The van der Waals surface area contributed by atoms with Gasteiger partial charge in [0, 0.05) is 0 Å². The van der Waals surface area contributed by atoms with Crippen molar-refractivity contribution in [2.75, 3.05) is 5.75 Å². The molecular formula is C16H32O3S. The summed E-state index contributed by atoms with van der Waals surface area (Å²) in [6.07, 6.45) is 18.6. The molecule has 0 aromatic heterocycles. The summed E-state index contributed by atoms with van der Waals surface area (Å²) in [6, 6.07) is 0. The summed E-state index contributed by atoms with van der Waals surface area (Å²) in [6.45, 7) is 2.25. The maximum Gasteiger partial charge on any atom is 0.264 e. The summed E-state index contributed by atoms with van der Waals surface area (Å²) in [5.74, 6) is -0.130. The first kappa shape index (κ1) is 19.7. The smallest absolute Gasteiger partial charge is 0.264 e. The Labute approximate surface area is 125 Å². The highest BCUT2D eigenvalue weighted by Gasteiger charge is 2.01. The Hall–Kier alpha value is -0.350. The second-order valence-corrected chi connectivity index (χ2v) is 7.09. The summed E-state index contributed by atoms with van der Waals surface area (Å²) < 4.78 is 29.5. The Bertz CT molecular complexity index is 321. The minimum Gasteiger partial charge on any atom is -0.286 e. The van der Waals surface area contributed by atoms with Crippen LogP contribution in [0.5, 0.6) is 0 Å². The Morgan fingerprint density at radius 1 is 0.750 bits per heavy atom. The quantitative estimate of drug-likeness (QED) is 0.275.